The molecule has 2 atom stereocenters. The summed E-state index contributed by atoms with van der Waals surface area (Å²) < 4.78 is 30.8. The van der Waals surface area contributed by atoms with Gasteiger partial charge in [-0.2, -0.15) is 10.4 Å². The van der Waals surface area contributed by atoms with Crippen LogP contribution in [0, 0.1) is 18.6 Å². The number of tetrazole rings is 2. The first-order chi connectivity index (χ1) is 35.8. The van der Waals surface area contributed by atoms with Gasteiger partial charge in [0, 0.05) is 42.4 Å². The third kappa shape index (κ3) is 14.8. The van der Waals surface area contributed by atoms with Crippen molar-refractivity contribution < 1.29 is 32.5 Å². The van der Waals surface area contributed by atoms with Crippen molar-refractivity contribution >= 4 is 23.6 Å². The standard InChI is InChI=1S/2C22H19FN8O2.C6H9NO/c2*1-13(15-4-6-16(7-5-15)20-28-30-31-29-20)27-22(33)19-10-18(25-12-26-19)21(32)24-11-14-2-8-17(23)9-3-14;1-3-6-4-5(2)8-7-6/h2*2-10,12-13H,11H2,1H3,(H,24,32)(H,27,33)(H,28,29,30,31);4H,3H2,1-2H3/t2*13-;/m00./s1. The Hall–Kier alpha value is -9.87. The quantitative estimate of drug-likeness (QED) is 0.0688. The highest BCUT2D eigenvalue weighted by Gasteiger charge is 2.18. The third-order valence-corrected chi connectivity index (χ3v) is 10.8. The largest absolute Gasteiger partial charge is 0.361 e. The average molecular weight is 1000 g/mol. The fraction of sp³-hybridized carbons (Fsp3) is 0.180. The fourth-order valence-electron chi connectivity index (χ4n) is 6.66. The number of carbonyl (C=O) groups is 4. The second-order valence-corrected chi connectivity index (χ2v) is 16.1. The number of nitrogens with one attached hydrogen (secondary N) is 6. The number of benzene rings is 4. The first kappa shape index (κ1) is 52.0. The van der Waals surface area contributed by atoms with Gasteiger partial charge in [-0.05, 0) is 84.1 Å². The monoisotopic (exact) mass is 1000 g/mol. The van der Waals surface area contributed by atoms with Crippen LogP contribution in [0.25, 0.3) is 22.8 Å². The summed E-state index contributed by atoms with van der Waals surface area (Å²) in [5, 5.41) is 42.4. The number of hydrogen-bond acceptors (Lipinski definition) is 16. The Labute approximate surface area is 420 Å². The summed E-state index contributed by atoms with van der Waals surface area (Å²) in [6.45, 7) is 8.00. The Kier molecular flexibility index (Phi) is 17.8. The number of amides is 4. The zero-order valence-electron chi connectivity index (χ0n) is 40.1. The molecule has 0 aliphatic heterocycles. The Morgan fingerprint density at radius 2 is 0.946 bits per heavy atom. The molecule has 4 amide bonds. The third-order valence-electron chi connectivity index (χ3n) is 10.8. The number of aromatic amines is 2. The Bertz CT molecular complexity index is 3050. The lowest BCUT2D eigenvalue weighted by molar-refractivity contribution is 0.0921. The summed E-state index contributed by atoms with van der Waals surface area (Å²) in [6.07, 6.45) is 3.27. The maximum absolute atomic E-state index is 13.0. The van der Waals surface area contributed by atoms with E-state index in [2.05, 4.69) is 94.5 Å². The summed E-state index contributed by atoms with van der Waals surface area (Å²) in [7, 11) is 0. The van der Waals surface area contributed by atoms with Gasteiger partial charge in [0.15, 0.2) is 0 Å². The molecule has 6 N–H and O–H groups in total. The topological polar surface area (TPSA) is 303 Å². The molecular weight excluding hydrogens is 957 g/mol. The zero-order chi connectivity index (χ0) is 52.4. The molecule has 0 aliphatic rings. The summed E-state index contributed by atoms with van der Waals surface area (Å²) in [6, 6.07) is 30.2. The van der Waals surface area contributed by atoms with Crippen LogP contribution in [0.4, 0.5) is 8.78 Å². The molecule has 0 radical (unpaired) electrons. The van der Waals surface area contributed by atoms with Crippen molar-refractivity contribution in [3.8, 4) is 22.8 Å². The van der Waals surface area contributed by atoms with E-state index in [1.165, 1.54) is 36.4 Å². The van der Waals surface area contributed by atoms with E-state index in [4.69, 9.17) is 4.52 Å². The van der Waals surface area contributed by atoms with Crippen molar-refractivity contribution in [3.63, 3.8) is 0 Å². The van der Waals surface area contributed by atoms with Crippen molar-refractivity contribution in [2.75, 3.05) is 0 Å². The Balaban J connectivity index is 0.000000188. The maximum atomic E-state index is 13.0. The summed E-state index contributed by atoms with van der Waals surface area (Å²) in [5.41, 5.74) is 6.03. The molecule has 0 unspecified atom stereocenters. The van der Waals surface area contributed by atoms with Gasteiger partial charge in [-0.3, -0.25) is 19.2 Å². The number of nitrogens with zero attached hydrogens (tertiary/aromatic N) is 11. The van der Waals surface area contributed by atoms with Gasteiger partial charge < -0.3 is 25.8 Å². The van der Waals surface area contributed by atoms with Gasteiger partial charge in [0.05, 0.1) is 17.8 Å². The van der Waals surface area contributed by atoms with Crippen molar-refractivity contribution in [1.29, 1.82) is 0 Å². The van der Waals surface area contributed by atoms with E-state index >= 15 is 0 Å². The SMILES string of the molecule is CCc1cc(C)on1.C[C@H](NC(=O)c1cc(C(=O)NCc2ccc(F)cc2)ncn1)c1ccc(-c2nn[nH]n2)cc1.C[C@H](NC(=O)c1cc(C(=O)NCc2ccc(F)cc2)ncn1)c1ccc(-c2nn[nH]n2)cc1. The number of halogens is 2. The second-order valence-electron chi connectivity index (χ2n) is 16.1. The van der Waals surface area contributed by atoms with Gasteiger partial charge in [-0.25, -0.2) is 28.7 Å². The highest BCUT2D eigenvalue weighted by atomic mass is 19.1. The molecule has 0 saturated heterocycles. The summed E-state index contributed by atoms with van der Waals surface area (Å²) >= 11 is 0. The molecule has 24 heteroatoms. The minimum absolute atomic E-state index is 0.0504. The van der Waals surface area contributed by atoms with Crippen LogP contribution >= 0.6 is 0 Å². The predicted octanol–water partition coefficient (Wildman–Crippen LogP) is 5.98. The van der Waals surface area contributed by atoms with Crippen molar-refractivity contribution in [2.24, 2.45) is 0 Å². The smallest absolute Gasteiger partial charge is 0.270 e. The molecule has 0 spiro atoms. The molecule has 9 aromatic rings. The number of aromatic nitrogens is 13. The molecule has 376 valence electrons. The van der Waals surface area contributed by atoms with Gasteiger partial charge in [0.1, 0.15) is 52.8 Å². The first-order valence-corrected chi connectivity index (χ1v) is 22.7. The van der Waals surface area contributed by atoms with Crippen LogP contribution in [0.3, 0.4) is 0 Å². The van der Waals surface area contributed by atoms with E-state index in [-0.39, 0.29) is 59.6 Å². The molecule has 0 bridgehead atoms. The molecule has 5 aromatic heterocycles. The molecule has 22 nitrogen and oxygen atoms in total. The van der Waals surface area contributed by atoms with Crippen LogP contribution in [0.5, 0.6) is 0 Å². The number of carbonyl (C=O) groups excluding carboxylic acids is 4. The van der Waals surface area contributed by atoms with Crippen LogP contribution in [-0.4, -0.2) is 90.0 Å². The van der Waals surface area contributed by atoms with Crippen molar-refractivity contribution in [1.82, 2.24) is 87.6 Å². The number of H-pyrrole nitrogens is 2. The van der Waals surface area contributed by atoms with Crippen LogP contribution < -0.4 is 21.3 Å². The number of hydrogen-bond donors (Lipinski definition) is 6. The molecule has 0 aliphatic carbocycles. The van der Waals surface area contributed by atoms with Crippen LogP contribution in [0.1, 0.15) is 109 Å². The molecule has 0 saturated carbocycles. The highest BCUT2D eigenvalue weighted by molar-refractivity contribution is 5.98. The van der Waals surface area contributed by atoms with Gasteiger partial charge >= 0.3 is 0 Å². The number of aryl methyl sites for hydroxylation is 2. The van der Waals surface area contributed by atoms with E-state index in [0.29, 0.717) is 11.6 Å². The van der Waals surface area contributed by atoms with Crippen LogP contribution in [0.15, 0.2) is 132 Å². The van der Waals surface area contributed by atoms with E-state index in [0.717, 1.165) is 63.9 Å². The predicted molar refractivity (Wildman–Crippen MR) is 261 cm³/mol. The fourth-order valence-corrected chi connectivity index (χ4v) is 6.66. The second kappa shape index (κ2) is 25.3. The lowest BCUT2D eigenvalue weighted by atomic mass is 10.1. The molecule has 4 aromatic carbocycles. The minimum atomic E-state index is -0.471. The van der Waals surface area contributed by atoms with E-state index < -0.39 is 23.6 Å². The Morgan fingerprint density at radius 3 is 1.27 bits per heavy atom. The maximum Gasteiger partial charge on any atom is 0.270 e. The average Bonchev–Trinajstić information content (AvgIpc) is 4.26. The Morgan fingerprint density at radius 1 is 0.554 bits per heavy atom. The normalized spacial score (nSPS) is 11.4. The molecule has 9 rings (SSSR count). The summed E-state index contributed by atoms with van der Waals surface area (Å²) in [5.74, 6) is -0.695. The highest BCUT2D eigenvalue weighted by Crippen LogP contribution is 2.20. The van der Waals surface area contributed by atoms with Crippen molar-refractivity contribution in [3.05, 3.63) is 196 Å². The zero-order valence-corrected chi connectivity index (χ0v) is 40.1. The van der Waals surface area contributed by atoms with Gasteiger partial charge in [0.25, 0.3) is 23.6 Å². The van der Waals surface area contributed by atoms with Gasteiger partial charge in [-0.1, -0.05) is 84.9 Å². The van der Waals surface area contributed by atoms with E-state index in [1.54, 1.807) is 24.3 Å². The summed E-state index contributed by atoms with van der Waals surface area (Å²) in [4.78, 5) is 66.0. The van der Waals surface area contributed by atoms with Gasteiger partial charge in [-0.15, -0.1) is 20.4 Å². The van der Waals surface area contributed by atoms with Crippen LogP contribution in [-0.2, 0) is 19.5 Å². The first-order valence-electron chi connectivity index (χ1n) is 22.7. The number of rotatable bonds is 15. The lowest BCUT2D eigenvalue weighted by Crippen LogP contribution is -2.29. The van der Waals surface area contributed by atoms with Crippen LogP contribution in [0.2, 0.25) is 0 Å². The minimum Gasteiger partial charge on any atom is -0.361 e. The molecular formula is C50H47F2N17O5. The van der Waals surface area contributed by atoms with E-state index in [9.17, 15) is 28.0 Å². The van der Waals surface area contributed by atoms with Crippen molar-refractivity contribution in [2.45, 2.75) is 59.3 Å². The molecule has 0 fully saturated rings. The molecule has 5 heterocycles. The van der Waals surface area contributed by atoms with E-state index in [1.807, 2.05) is 75.4 Å². The lowest BCUT2D eigenvalue weighted by Gasteiger charge is -2.14. The van der Waals surface area contributed by atoms with Gasteiger partial charge in [0.2, 0.25) is 11.6 Å². The molecule has 74 heavy (non-hydrogen) atoms.